The summed E-state index contributed by atoms with van der Waals surface area (Å²) in [5.74, 6) is -0.148. The highest BCUT2D eigenvalue weighted by Gasteiger charge is 2.20. The molecule has 4 rings (SSSR count). The van der Waals surface area contributed by atoms with E-state index >= 15 is 0 Å². The number of carbonyl (C=O) groups excluding carboxylic acids is 1. The van der Waals surface area contributed by atoms with Gasteiger partial charge in [-0.3, -0.25) is 14.8 Å². The lowest BCUT2D eigenvalue weighted by molar-refractivity contribution is 0.0973. The maximum absolute atomic E-state index is 13.1. The van der Waals surface area contributed by atoms with Crippen molar-refractivity contribution in [3.63, 3.8) is 0 Å². The molecule has 0 saturated carbocycles. The fraction of sp³-hybridized carbons (Fsp3) is 0.150. The molecular weight excluding hydrogens is 326 g/mol. The van der Waals surface area contributed by atoms with Crippen molar-refractivity contribution in [2.45, 2.75) is 13.0 Å². The number of hydrogen-bond acceptors (Lipinski definition) is 5. The highest BCUT2D eigenvalue weighted by molar-refractivity contribution is 6.05. The van der Waals surface area contributed by atoms with Gasteiger partial charge in [-0.1, -0.05) is 6.07 Å². The Morgan fingerprint density at radius 3 is 2.81 bits per heavy atom. The van der Waals surface area contributed by atoms with Gasteiger partial charge in [0.25, 0.3) is 5.91 Å². The second kappa shape index (κ2) is 7.33. The fourth-order valence-electron chi connectivity index (χ4n) is 2.99. The maximum Gasteiger partial charge on any atom is 0.274 e. The minimum atomic E-state index is -0.148. The molecule has 0 fully saturated rings. The van der Waals surface area contributed by atoms with Gasteiger partial charge in [-0.2, -0.15) is 0 Å². The molecule has 0 aliphatic carbocycles. The van der Waals surface area contributed by atoms with Gasteiger partial charge in [0.15, 0.2) is 0 Å². The molecule has 0 spiro atoms. The van der Waals surface area contributed by atoms with E-state index in [0.29, 0.717) is 12.1 Å². The van der Waals surface area contributed by atoms with Crippen LogP contribution in [0.2, 0.25) is 0 Å². The summed E-state index contributed by atoms with van der Waals surface area (Å²) in [7, 11) is 0. The summed E-state index contributed by atoms with van der Waals surface area (Å²) in [5, 5.41) is 4.94. The number of carbonyl (C=O) groups is 1. The van der Waals surface area contributed by atoms with Crippen molar-refractivity contribution in [2.75, 3.05) is 16.9 Å². The molecule has 2 aromatic heterocycles. The van der Waals surface area contributed by atoms with Crippen molar-refractivity contribution in [1.82, 2.24) is 15.4 Å². The first kappa shape index (κ1) is 16.2. The first-order valence-electron chi connectivity index (χ1n) is 8.55. The molecule has 0 radical (unpaired) electrons. The molecule has 26 heavy (non-hydrogen) atoms. The van der Waals surface area contributed by atoms with Crippen molar-refractivity contribution in [2.24, 2.45) is 0 Å². The lowest BCUT2D eigenvalue weighted by Crippen LogP contribution is -2.42. The van der Waals surface area contributed by atoms with Crippen molar-refractivity contribution < 1.29 is 4.79 Å². The van der Waals surface area contributed by atoms with Crippen LogP contribution in [0.25, 0.3) is 0 Å². The van der Waals surface area contributed by atoms with Crippen LogP contribution >= 0.6 is 0 Å². The first-order chi connectivity index (χ1) is 12.8. The molecule has 6 heteroatoms. The first-order valence-corrected chi connectivity index (χ1v) is 8.55. The molecule has 0 unspecified atom stereocenters. The van der Waals surface area contributed by atoms with E-state index in [0.717, 1.165) is 29.9 Å². The van der Waals surface area contributed by atoms with Crippen molar-refractivity contribution in [1.29, 1.82) is 0 Å². The molecule has 0 bridgehead atoms. The second-order valence-corrected chi connectivity index (χ2v) is 6.09. The lowest BCUT2D eigenvalue weighted by Gasteiger charge is -2.24. The third kappa shape index (κ3) is 3.41. The van der Waals surface area contributed by atoms with Crippen molar-refractivity contribution in [3.05, 3.63) is 83.9 Å². The van der Waals surface area contributed by atoms with Gasteiger partial charge < -0.3 is 5.32 Å². The van der Waals surface area contributed by atoms with Gasteiger partial charge in [0.05, 0.1) is 11.3 Å². The minimum Gasteiger partial charge on any atom is -0.384 e. The molecule has 0 atom stereocenters. The van der Waals surface area contributed by atoms with E-state index in [1.807, 2.05) is 24.3 Å². The maximum atomic E-state index is 13.1. The largest absolute Gasteiger partial charge is 0.384 e. The van der Waals surface area contributed by atoms with Gasteiger partial charge in [-0.25, -0.2) is 10.4 Å². The number of fused-ring (bicyclic) bond motifs is 1. The smallest absolute Gasteiger partial charge is 0.274 e. The highest BCUT2D eigenvalue weighted by Crippen LogP contribution is 2.28. The summed E-state index contributed by atoms with van der Waals surface area (Å²) in [5.41, 5.74) is 7.97. The zero-order chi connectivity index (χ0) is 17.8. The van der Waals surface area contributed by atoms with E-state index in [1.165, 1.54) is 5.56 Å². The third-order valence-corrected chi connectivity index (χ3v) is 4.36. The number of rotatable bonds is 5. The van der Waals surface area contributed by atoms with Crippen LogP contribution in [0.3, 0.4) is 0 Å². The lowest BCUT2D eigenvalue weighted by atomic mass is 10.1. The third-order valence-electron chi connectivity index (χ3n) is 4.36. The Morgan fingerprint density at radius 2 is 2.00 bits per heavy atom. The number of hydrogen-bond donors (Lipinski definition) is 2. The summed E-state index contributed by atoms with van der Waals surface area (Å²) in [6, 6.07) is 13.4. The summed E-state index contributed by atoms with van der Waals surface area (Å²) < 4.78 is 0. The number of amides is 1. The van der Waals surface area contributed by atoms with Crippen LogP contribution in [0, 0.1) is 0 Å². The Kier molecular flexibility index (Phi) is 4.57. The number of nitrogens with zero attached hydrogens (tertiary/aromatic N) is 3. The Morgan fingerprint density at radius 1 is 1.12 bits per heavy atom. The zero-order valence-electron chi connectivity index (χ0n) is 14.2. The molecule has 1 aromatic carbocycles. The Bertz CT molecular complexity index is 899. The number of nitrogens with one attached hydrogen (secondary N) is 2. The van der Waals surface area contributed by atoms with Gasteiger partial charge in [0, 0.05) is 43.6 Å². The predicted octanol–water partition coefficient (Wildman–Crippen LogP) is 2.80. The number of hydrazine groups is 1. The normalized spacial score (nSPS) is 12.3. The second-order valence-electron chi connectivity index (χ2n) is 6.09. The average Bonchev–Trinajstić information content (AvgIpc) is 3.17. The number of aromatic nitrogens is 2. The quantitative estimate of drug-likeness (QED) is 0.696. The van der Waals surface area contributed by atoms with Gasteiger partial charge >= 0.3 is 0 Å². The molecule has 3 heterocycles. The van der Waals surface area contributed by atoms with E-state index in [1.54, 1.807) is 41.9 Å². The Hall–Kier alpha value is -3.25. The summed E-state index contributed by atoms with van der Waals surface area (Å²) in [6.07, 6.45) is 7.73. The molecule has 0 saturated heterocycles. The Labute approximate surface area is 151 Å². The average molecular weight is 345 g/mol. The molecule has 2 N–H and O–H groups in total. The standard InChI is InChI=1S/C20H19N5O/c26-20(17-2-1-8-22-14-17)25(24-13-15-5-9-21-10-6-15)18-4-3-16-7-11-23-19(16)12-18/h1-6,8-10,12,14,23-24H,7,11,13H2. The van der Waals surface area contributed by atoms with Crippen LogP contribution in [0.1, 0.15) is 21.5 Å². The SMILES string of the molecule is O=C(c1cccnc1)N(NCc1ccncc1)c1ccc2c(c1)NCC2. The van der Waals surface area contributed by atoms with Crippen LogP contribution < -0.4 is 15.8 Å². The summed E-state index contributed by atoms with van der Waals surface area (Å²) in [6.45, 7) is 1.44. The molecule has 6 nitrogen and oxygen atoms in total. The van der Waals surface area contributed by atoms with E-state index < -0.39 is 0 Å². The van der Waals surface area contributed by atoms with Gasteiger partial charge in [-0.15, -0.1) is 0 Å². The van der Waals surface area contributed by atoms with Gasteiger partial charge in [0.1, 0.15) is 0 Å². The number of anilines is 2. The Balaban J connectivity index is 1.63. The molecule has 1 aliphatic heterocycles. The molecule has 1 aliphatic rings. The topological polar surface area (TPSA) is 70.2 Å². The predicted molar refractivity (Wildman–Crippen MR) is 101 cm³/mol. The molecule has 130 valence electrons. The van der Waals surface area contributed by atoms with Gasteiger partial charge in [-0.05, 0) is 53.9 Å². The monoisotopic (exact) mass is 345 g/mol. The van der Waals surface area contributed by atoms with Crippen molar-refractivity contribution >= 4 is 17.3 Å². The minimum absolute atomic E-state index is 0.148. The van der Waals surface area contributed by atoms with E-state index in [2.05, 4.69) is 26.8 Å². The highest BCUT2D eigenvalue weighted by atomic mass is 16.2. The van der Waals surface area contributed by atoms with E-state index in [-0.39, 0.29) is 5.91 Å². The molecule has 3 aromatic rings. The van der Waals surface area contributed by atoms with Crippen LogP contribution in [0.5, 0.6) is 0 Å². The van der Waals surface area contributed by atoms with Gasteiger partial charge in [0.2, 0.25) is 0 Å². The van der Waals surface area contributed by atoms with Crippen LogP contribution in [-0.2, 0) is 13.0 Å². The van der Waals surface area contributed by atoms with E-state index in [4.69, 9.17) is 0 Å². The summed E-state index contributed by atoms with van der Waals surface area (Å²) in [4.78, 5) is 21.1. The summed E-state index contributed by atoms with van der Waals surface area (Å²) >= 11 is 0. The molecule has 1 amide bonds. The number of pyridine rings is 2. The zero-order valence-corrected chi connectivity index (χ0v) is 14.2. The number of benzene rings is 1. The van der Waals surface area contributed by atoms with Crippen LogP contribution in [-0.4, -0.2) is 22.4 Å². The van der Waals surface area contributed by atoms with Crippen LogP contribution in [0.15, 0.2) is 67.3 Å². The molecular formula is C20H19N5O. The van der Waals surface area contributed by atoms with Crippen molar-refractivity contribution in [3.8, 4) is 0 Å². The van der Waals surface area contributed by atoms with Crippen LogP contribution in [0.4, 0.5) is 11.4 Å². The fourth-order valence-corrected chi connectivity index (χ4v) is 2.99. The van der Waals surface area contributed by atoms with E-state index in [9.17, 15) is 4.79 Å².